The monoisotopic (exact) mass is 412 g/mol. The molecule has 5 fully saturated rings. The summed E-state index contributed by atoms with van der Waals surface area (Å²) in [5.74, 6) is 5.35. The topological polar surface area (TPSA) is 52.6 Å². The van der Waals surface area contributed by atoms with Gasteiger partial charge >= 0.3 is 11.9 Å². The molecule has 4 heteroatoms. The van der Waals surface area contributed by atoms with Crippen molar-refractivity contribution in [1.29, 1.82) is 0 Å². The second-order valence-corrected chi connectivity index (χ2v) is 11.1. The molecule has 0 radical (unpaired) electrons. The van der Waals surface area contributed by atoms with E-state index in [1.165, 1.54) is 57.1 Å². The molecule has 164 valence electrons. The largest absolute Gasteiger partial charge is 0.462 e. The Morgan fingerprint density at radius 2 is 1.83 bits per heavy atom. The van der Waals surface area contributed by atoms with Crippen LogP contribution < -0.4 is 0 Å². The lowest BCUT2D eigenvalue weighted by Gasteiger charge is -2.51. The van der Waals surface area contributed by atoms with Gasteiger partial charge in [-0.25, -0.2) is 9.59 Å². The lowest BCUT2D eigenvalue weighted by atomic mass is 9.55. The van der Waals surface area contributed by atoms with Crippen molar-refractivity contribution < 1.29 is 19.1 Å². The van der Waals surface area contributed by atoms with Crippen LogP contribution in [-0.4, -0.2) is 24.1 Å². The van der Waals surface area contributed by atoms with Crippen molar-refractivity contribution in [2.24, 2.45) is 46.8 Å². The Morgan fingerprint density at radius 1 is 1.07 bits per heavy atom. The van der Waals surface area contributed by atoms with Gasteiger partial charge in [-0.1, -0.05) is 19.6 Å². The minimum atomic E-state index is -0.633. The molecule has 9 unspecified atom stereocenters. The van der Waals surface area contributed by atoms with E-state index >= 15 is 0 Å². The zero-order valence-electron chi connectivity index (χ0n) is 18.3. The van der Waals surface area contributed by atoms with Crippen LogP contribution in [0.25, 0.3) is 0 Å². The van der Waals surface area contributed by atoms with Crippen LogP contribution in [-0.2, 0) is 19.1 Å². The maximum Gasteiger partial charge on any atom is 0.330 e. The van der Waals surface area contributed by atoms with Crippen LogP contribution in [0.1, 0.15) is 64.7 Å². The molecule has 0 aromatic rings. The van der Waals surface area contributed by atoms with Crippen molar-refractivity contribution in [3.05, 3.63) is 25.3 Å². The first-order chi connectivity index (χ1) is 14.4. The predicted molar refractivity (Wildman–Crippen MR) is 114 cm³/mol. The van der Waals surface area contributed by atoms with Gasteiger partial charge in [-0.3, -0.25) is 0 Å². The van der Waals surface area contributed by atoms with Gasteiger partial charge in [-0.2, -0.15) is 0 Å². The number of carbonyl (C=O) groups is 2. The Kier molecular flexibility index (Phi) is 4.91. The van der Waals surface area contributed by atoms with Crippen LogP contribution in [0.15, 0.2) is 25.3 Å². The molecular formula is C26H36O4. The lowest BCUT2D eigenvalue weighted by Crippen LogP contribution is -2.48. The standard InChI is InChI=1S/C26H36O4/c1-4-21(27)29-12-11-25(3,30-22(28)5-2)15-26-14-19(18-7-6-8-20(18)26)23-16-9-10-17(13-16)24(23)26/h4-5,16-20,23-24H,1-2,6-15H2,3H3. The molecule has 0 saturated heterocycles. The second kappa shape index (κ2) is 7.24. The summed E-state index contributed by atoms with van der Waals surface area (Å²) in [6, 6.07) is 0. The van der Waals surface area contributed by atoms with E-state index in [1.807, 2.05) is 0 Å². The molecule has 4 nitrogen and oxygen atoms in total. The van der Waals surface area contributed by atoms with Gasteiger partial charge in [0.15, 0.2) is 0 Å². The highest BCUT2D eigenvalue weighted by Crippen LogP contribution is 2.79. The van der Waals surface area contributed by atoms with Gasteiger partial charge in [-0.05, 0) is 98.7 Å². The van der Waals surface area contributed by atoms with Gasteiger partial charge in [0.1, 0.15) is 5.60 Å². The Bertz CT molecular complexity index is 758. The van der Waals surface area contributed by atoms with Gasteiger partial charge < -0.3 is 9.47 Å². The maximum absolute atomic E-state index is 12.3. The summed E-state index contributed by atoms with van der Waals surface area (Å²) >= 11 is 0. The third-order valence-corrected chi connectivity index (χ3v) is 9.87. The van der Waals surface area contributed by atoms with Crippen molar-refractivity contribution >= 4 is 11.9 Å². The van der Waals surface area contributed by atoms with E-state index in [1.54, 1.807) is 0 Å². The summed E-state index contributed by atoms with van der Waals surface area (Å²) < 4.78 is 11.3. The van der Waals surface area contributed by atoms with E-state index in [0.29, 0.717) is 11.8 Å². The quantitative estimate of drug-likeness (QED) is 0.317. The molecule has 0 aromatic heterocycles. The smallest absolute Gasteiger partial charge is 0.330 e. The van der Waals surface area contributed by atoms with Gasteiger partial charge in [0, 0.05) is 18.6 Å². The molecule has 0 spiro atoms. The number of ether oxygens (including phenoxy) is 2. The molecule has 0 aromatic carbocycles. The van der Waals surface area contributed by atoms with Crippen molar-refractivity contribution in [1.82, 2.24) is 0 Å². The first-order valence-corrected chi connectivity index (χ1v) is 12.1. The van der Waals surface area contributed by atoms with Gasteiger partial charge in [-0.15, -0.1) is 0 Å². The zero-order valence-corrected chi connectivity index (χ0v) is 18.3. The molecule has 5 aliphatic rings. The Labute approximate surface area is 180 Å². The highest BCUT2D eigenvalue weighted by molar-refractivity contribution is 5.82. The number of hydrogen-bond donors (Lipinski definition) is 0. The fourth-order valence-corrected chi connectivity index (χ4v) is 9.47. The first-order valence-electron chi connectivity index (χ1n) is 12.1. The summed E-state index contributed by atoms with van der Waals surface area (Å²) in [6.45, 7) is 9.39. The second-order valence-electron chi connectivity index (χ2n) is 11.1. The fourth-order valence-electron chi connectivity index (χ4n) is 9.47. The van der Waals surface area contributed by atoms with Gasteiger partial charge in [0.05, 0.1) is 6.61 Å². The van der Waals surface area contributed by atoms with Crippen LogP contribution in [0, 0.1) is 46.8 Å². The van der Waals surface area contributed by atoms with E-state index < -0.39 is 11.6 Å². The lowest BCUT2D eigenvalue weighted by molar-refractivity contribution is -0.162. The average Bonchev–Trinajstić information content (AvgIpc) is 3.50. The Hall–Kier alpha value is -1.58. The number of esters is 2. The van der Waals surface area contributed by atoms with Gasteiger partial charge in [0.25, 0.3) is 0 Å². The zero-order chi connectivity index (χ0) is 21.1. The molecule has 5 rings (SSSR count). The van der Waals surface area contributed by atoms with Crippen LogP contribution in [0.2, 0.25) is 0 Å². The molecular weight excluding hydrogens is 376 g/mol. The average molecular weight is 413 g/mol. The summed E-state index contributed by atoms with van der Waals surface area (Å²) in [7, 11) is 0. The summed E-state index contributed by atoms with van der Waals surface area (Å²) in [4.78, 5) is 23.8. The molecule has 4 bridgehead atoms. The highest BCUT2D eigenvalue weighted by Gasteiger charge is 2.73. The van der Waals surface area contributed by atoms with Crippen molar-refractivity contribution in [3.63, 3.8) is 0 Å². The molecule has 0 N–H and O–H groups in total. The fraction of sp³-hybridized carbons (Fsp3) is 0.769. The Balaban J connectivity index is 1.43. The minimum absolute atomic E-state index is 0.250. The molecule has 5 aliphatic carbocycles. The Morgan fingerprint density at radius 3 is 2.60 bits per heavy atom. The van der Waals surface area contributed by atoms with Crippen molar-refractivity contribution in [2.45, 2.75) is 70.3 Å². The molecule has 0 amide bonds. The third-order valence-electron chi connectivity index (χ3n) is 9.87. The van der Waals surface area contributed by atoms with Crippen LogP contribution >= 0.6 is 0 Å². The summed E-state index contributed by atoms with van der Waals surface area (Å²) in [5.41, 5.74) is -0.333. The summed E-state index contributed by atoms with van der Waals surface area (Å²) in [5, 5.41) is 0. The molecule has 0 aliphatic heterocycles. The minimum Gasteiger partial charge on any atom is -0.462 e. The van der Waals surface area contributed by atoms with Crippen molar-refractivity contribution in [2.75, 3.05) is 6.61 Å². The SMILES string of the molecule is C=CC(=O)OCCC(C)(CC12CC(C3CCCC31)C1C3CCC(C3)C12)OC(=O)C=C. The van der Waals surface area contributed by atoms with E-state index in [4.69, 9.17) is 9.47 Å². The molecule has 0 heterocycles. The third kappa shape index (κ3) is 2.92. The van der Waals surface area contributed by atoms with Gasteiger partial charge in [0.2, 0.25) is 0 Å². The maximum atomic E-state index is 12.3. The molecule has 9 atom stereocenters. The van der Waals surface area contributed by atoms with E-state index in [9.17, 15) is 9.59 Å². The van der Waals surface area contributed by atoms with E-state index in [-0.39, 0.29) is 12.6 Å². The highest BCUT2D eigenvalue weighted by atomic mass is 16.6. The predicted octanol–water partition coefficient (Wildman–Crippen LogP) is 5.08. The summed E-state index contributed by atoms with van der Waals surface area (Å²) in [6.07, 6.45) is 13.6. The normalized spacial score (nSPS) is 44.2. The first kappa shape index (κ1) is 20.3. The number of rotatable bonds is 8. The van der Waals surface area contributed by atoms with E-state index in [2.05, 4.69) is 20.1 Å². The number of carbonyl (C=O) groups excluding carboxylic acids is 2. The number of fused-ring (bicyclic) bond motifs is 12. The van der Waals surface area contributed by atoms with E-state index in [0.717, 1.165) is 47.8 Å². The van der Waals surface area contributed by atoms with Crippen LogP contribution in [0.3, 0.4) is 0 Å². The number of hydrogen-bond acceptors (Lipinski definition) is 4. The molecule has 30 heavy (non-hydrogen) atoms. The van der Waals surface area contributed by atoms with Crippen LogP contribution in [0.4, 0.5) is 0 Å². The van der Waals surface area contributed by atoms with Crippen LogP contribution in [0.5, 0.6) is 0 Å². The van der Waals surface area contributed by atoms with Crippen molar-refractivity contribution in [3.8, 4) is 0 Å². The molecule has 5 saturated carbocycles.